The number of aromatic nitrogens is 3. The minimum Gasteiger partial charge on any atom is -0.361 e. The summed E-state index contributed by atoms with van der Waals surface area (Å²) in [6, 6.07) is 0. The average Bonchev–Trinajstić information content (AvgIpc) is 3.29. The normalized spacial score (nSPS) is 20.6. The largest absolute Gasteiger partial charge is 0.361 e. The Morgan fingerprint density at radius 2 is 2.16 bits per heavy atom. The molecule has 0 N–H and O–H groups in total. The van der Waals surface area contributed by atoms with Crippen LogP contribution in [0.4, 0.5) is 0 Å². The number of likely N-dealkylation sites (tertiary alicyclic amines) is 1. The molecule has 1 amide bonds. The lowest BCUT2D eigenvalue weighted by Gasteiger charge is -2.47. The van der Waals surface area contributed by atoms with Crippen molar-refractivity contribution in [3.05, 3.63) is 40.3 Å². The van der Waals surface area contributed by atoms with E-state index in [1.54, 1.807) is 0 Å². The van der Waals surface area contributed by atoms with Crippen molar-refractivity contribution in [2.45, 2.75) is 51.2 Å². The first-order valence-corrected chi connectivity index (χ1v) is 8.75. The maximum absolute atomic E-state index is 12.6. The highest BCUT2D eigenvalue weighted by atomic mass is 16.5. The van der Waals surface area contributed by atoms with Crippen molar-refractivity contribution in [3.8, 4) is 0 Å². The standard InChI is InChI=1S/C18H20N4O3/c1-10-13(11(2)25-21-10)5-16(23)22-8-18(9-22)14-6-19-17(12-3-4-12)20-15(14)7-24-18/h6,12H,3-5,7-9H2,1-2H3. The van der Waals surface area contributed by atoms with Gasteiger partial charge in [-0.3, -0.25) is 4.79 Å². The molecule has 3 aliphatic rings. The van der Waals surface area contributed by atoms with Crippen molar-refractivity contribution in [2.75, 3.05) is 13.1 Å². The highest BCUT2D eigenvalue weighted by Gasteiger charge is 2.52. The summed E-state index contributed by atoms with van der Waals surface area (Å²) in [6.45, 7) is 5.35. The van der Waals surface area contributed by atoms with E-state index in [1.807, 2.05) is 24.9 Å². The molecule has 1 aliphatic carbocycles. The fourth-order valence-corrected chi connectivity index (χ4v) is 3.77. The molecule has 1 saturated heterocycles. The molecule has 2 fully saturated rings. The molecule has 0 aromatic carbocycles. The van der Waals surface area contributed by atoms with Crippen molar-refractivity contribution in [1.29, 1.82) is 0 Å². The van der Waals surface area contributed by atoms with Gasteiger partial charge in [0.15, 0.2) is 0 Å². The zero-order valence-corrected chi connectivity index (χ0v) is 14.4. The predicted octanol–water partition coefficient (Wildman–Crippen LogP) is 1.77. The Morgan fingerprint density at radius 1 is 1.36 bits per heavy atom. The SMILES string of the molecule is Cc1noc(C)c1CC(=O)N1CC2(C1)OCc1nc(C3CC3)ncc12. The van der Waals surface area contributed by atoms with E-state index in [0.29, 0.717) is 37.8 Å². The predicted molar refractivity (Wildman–Crippen MR) is 86.7 cm³/mol. The molecule has 1 spiro atoms. The van der Waals surface area contributed by atoms with Gasteiger partial charge in [0.2, 0.25) is 5.91 Å². The van der Waals surface area contributed by atoms with Crippen LogP contribution in [0.3, 0.4) is 0 Å². The van der Waals surface area contributed by atoms with Gasteiger partial charge in [-0.1, -0.05) is 5.16 Å². The highest BCUT2D eigenvalue weighted by molar-refractivity contribution is 5.80. The Morgan fingerprint density at radius 3 is 2.84 bits per heavy atom. The minimum atomic E-state index is -0.411. The third kappa shape index (κ3) is 2.29. The first-order valence-electron chi connectivity index (χ1n) is 8.75. The lowest BCUT2D eigenvalue weighted by molar-refractivity contribution is -0.168. The molecular weight excluding hydrogens is 320 g/mol. The van der Waals surface area contributed by atoms with Gasteiger partial charge in [0.25, 0.3) is 0 Å². The number of amides is 1. The van der Waals surface area contributed by atoms with Gasteiger partial charge >= 0.3 is 0 Å². The van der Waals surface area contributed by atoms with E-state index in [9.17, 15) is 4.79 Å². The average molecular weight is 340 g/mol. The Labute approximate surface area is 145 Å². The van der Waals surface area contributed by atoms with E-state index in [2.05, 4.69) is 15.1 Å². The van der Waals surface area contributed by atoms with Crippen molar-refractivity contribution in [1.82, 2.24) is 20.0 Å². The molecule has 25 heavy (non-hydrogen) atoms. The maximum Gasteiger partial charge on any atom is 0.227 e. The van der Waals surface area contributed by atoms with Crippen LogP contribution in [0.15, 0.2) is 10.7 Å². The van der Waals surface area contributed by atoms with E-state index in [4.69, 9.17) is 9.26 Å². The van der Waals surface area contributed by atoms with Crippen LogP contribution < -0.4 is 0 Å². The smallest absolute Gasteiger partial charge is 0.227 e. The summed E-state index contributed by atoms with van der Waals surface area (Å²) in [5, 5.41) is 3.91. The Bertz CT molecular complexity index is 846. The van der Waals surface area contributed by atoms with Crippen LogP contribution in [0.2, 0.25) is 0 Å². The molecule has 0 radical (unpaired) electrons. The van der Waals surface area contributed by atoms with Crippen molar-refractivity contribution in [3.63, 3.8) is 0 Å². The number of hydrogen-bond acceptors (Lipinski definition) is 6. The second-order valence-corrected chi connectivity index (χ2v) is 7.38. The molecule has 1 saturated carbocycles. The van der Waals surface area contributed by atoms with Gasteiger partial charge in [-0.15, -0.1) is 0 Å². The molecule has 7 nitrogen and oxygen atoms in total. The number of rotatable bonds is 3. The molecule has 130 valence electrons. The summed E-state index contributed by atoms with van der Waals surface area (Å²) in [7, 11) is 0. The maximum atomic E-state index is 12.6. The van der Waals surface area contributed by atoms with Gasteiger partial charge < -0.3 is 14.2 Å². The topological polar surface area (TPSA) is 81.4 Å². The number of fused-ring (bicyclic) bond motifs is 2. The van der Waals surface area contributed by atoms with Crippen LogP contribution in [0.25, 0.3) is 0 Å². The monoisotopic (exact) mass is 340 g/mol. The molecule has 2 aromatic heterocycles. The molecular formula is C18H20N4O3. The fraction of sp³-hybridized carbons (Fsp3) is 0.556. The number of nitrogens with zero attached hydrogens (tertiary/aromatic N) is 4. The van der Waals surface area contributed by atoms with Crippen molar-refractivity contribution in [2.24, 2.45) is 0 Å². The molecule has 5 rings (SSSR count). The van der Waals surface area contributed by atoms with Crippen molar-refractivity contribution < 1.29 is 14.1 Å². The molecule has 2 aliphatic heterocycles. The molecule has 4 heterocycles. The summed E-state index contributed by atoms with van der Waals surface area (Å²) in [4.78, 5) is 23.6. The van der Waals surface area contributed by atoms with Crippen LogP contribution in [-0.2, 0) is 28.2 Å². The fourth-order valence-electron chi connectivity index (χ4n) is 3.77. The summed E-state index contributed by atoms with van der Waals surface area (Å²) in [6.07, 6.45) is 4.61. The van der Waals surface area contributed by atoms with E-state index in [1.165, 1.54) is 12.8 Å². The zero-order valence-electron chi connectivity index (χ0n) is 14.4. The van der Waals surface area contributed by atoms with Gasteiger partial charge in [-0.2, -0.15) is 0 Å². The van der Waals surface area contributed by atoms with Gasteiger partial charge in [-0.25, -0.2) is 9.97 Å². The zero-order chi connectivity index (χ0) is 17.2. The molecule has 0 bridgehead atoms. The Balaban J connectivity index is 1.30. The molecule has 0 unspecified atom stereocenters. The third-order valence-corrected chi connectivity index (χ3v) is 5.56. The van der Waals surface area contributed by atoms with E-state index >= 15 is 0 Å². The van der Waals surface area contributed by atoms with E-state index in [-0.39, 0.29) is 5.91 Å². The van der Waals surface area contributed by atoms with Gasteiger partial charge in [-0.05, 0) is 26.7 Å². The lowest BCUT2D eigenvalue weighted by atomic mass is 9.87. The van der Waals surface area contributed by atoms with Crippen molar-refractivity contribution >= 4 is 5.91 Å². The molecule has 7 heteroatoms. The Hall–Kier alpha value is -2.28. The second kappa shape index (κ2) is 5.11. The Kier molecular flexibility index (Phi) is 3.07. The minimum absolute atomic E-state index is 0.0765. The highest BCUT2D eigenvalue weighted by Crippen LogP contribution is 2.44. The number of aryl methyl sites for hydroxylation is 2. The number of carbonyl (C=O) groups excluding carboxylic acids is 1. The molecule has 2 aromatic rings. The summed E-state index contributed by atoms with van der Waals surface area (Å²) < 4.78 is 11.2. The first-order chi connectivity index (χ1) is 12.1. The summed E-state index contributed by atoms with van der Waals surface area (Å²) in [5.74, 6) is 2.28. The van der Waals surface area contributed by atoms with Crippen LogP contribution in [0.5, 0.6) is 0 Å². The van der Waals surface area contributed by atoms with E-state index < -0.39 is 5.60 Å². The number of carbonyl (C=O) groups is 1. The van der Waals surface area contributed by atoms with Crippen LogP contribution >= 0.6 is 0 Å². The van der Waals surface area contributed by atoms with Gasteiger partial charge in [0.1, 0.15) is 17.2 Å². The quantitative estimate of drug-likeness (QED) is 0.847. The number of ether oxygens (including phenoxy) is 1. The van der Waals surface area contributed by atoms with Crippen LogP contribution in [0.1, 0.15) is 52.9 Å². The summed E-state index contributed by atoms with van der Waals surface area (Å²) >= 11 is 0. The molecule has 0 atom stereocenters. The van der Waals surface area contributed by atoms with Crippen LogP contribution in [-0.4, -0.2) is 39.0 Å². The first kappa shape index (κ1) is 15.0. The van der Waals surface area contributed by atoms with Gasteiger partial charge in [0, 0.05) is 23.2 Å². The third-order valence-electron chi connectivity index (χ3n) is 5.56. The summed E-state index contributed by atoms with van der Waals surface area (Å²) in [5.41, 5.74) is 3.31. The lowest BCUT2D eigenvalue weighted by Crippen LogP contribution is -2.61. The van der Waals surface area contributed by atoms with E-state index in [0.717, 1.165) is 28.3 Å². The van der Waals surface area contributed by atoms with Crippen LogP contribution in [0, 0.1) is 13.8 Å². The second-order valence-electron chi connectivity index (χ2n) is 7.38. The van der Waals surface area contributed by atoms with Gasteiger partial charge in [0.05, 0.1) is 37.5 Å². The number of hydrogen-bond donors (Lipinski definition) is 0.